The van der Waals surface area contributed by atoms with Gasteiger partial charge in [-0.3, -0.25) is 5.32 Å². The zero-order valence-corrected chi connectivity index (χ0v) is 13.7. The lowest BCUT2D eigenvalue weighted by Crippen LogP contribution is -2.50. The molecule has 4 nitrogen and oxygen atoms in total. The minimum absolute atomic E-state index is 0.0486. The summed E-state index contributed by atoms with van der Waals surface area (Å²) in [5, 5.41) is 3.11. The van der Waals surface area contributed by atoms with Crippen molar-refractivity contribution in [1.29, 1.82) is 0 Å². The summed E-state index contributed by atoms with van der Waals surface area (Å²) in [5.41, 5.74) is -0.985. The molecule has 1 heterocycles. The lowest BCUT2D eigenvalue weighted by molar-refractivity contribution is -0.148. The SMILES string of the molecule is COC(=O)C(C)(NCC1CCCO1)c1ccc(Br)cc1F. The quantitative estimate of drug-likeness (QED) is 0.821. The van der Waals surface area contributed by atoms with E-state index in [1.54, 1.807) is 19.1 Å². The summed E-state index contributed by atoms with van der Waals surface area (Å²) < 4.78 is 25.2. The molecule has 2 unspecified atom stereocenters. The minimum Gasteiger partial charge on any atom is -0.467 e. The summed E-state index contributed by atoms with van der Waals surface area (Å²) in [5.74, 6) is -0.987. The summed E-state index contributed by atoms with van der Waals surface area (Å²) in [6, 6.07) is 4.62. The first-order chi connectivity index (χ1) is 9.97. The van der Waals surface area contributed by atoms with Crippen LogP contribution in [-0.2, 0) is 19.8 Å². The molecule has 1 aliphatic rings. The lowest BCUT2D eigenvalue weighted by atomic mass is 9.91. The standard InChI is InChI=1S/C15H19BrFNO3/c1-15(14(19)20-2,18-9-11-4-3-7-21-11)12-6-5-10(16)8-13(12)17/h5-6,8,11,18H,3-4,7,9H2,1-2H3. The highest BCUT2D eigenvalue weighted by molar-refractivity contribution is 9.10. The minimum atomic E-state index is -1.24. The number of benzene rings is 1. The Morgan fingerprint density at radius 1 is 1.62 bits per heavy atom. The summed E-state index contributed by atoms with van der Waals surface area (Å²) in [6.07, 6.45) is 1.99. The van der Waals surface area contributed by atoms with Crippen molar-refractivity contribution in [1.82, 2.24) is 5.32 Å². The zero-order valence-electron chi connectivity index (χ0n) is 12.1. The van der Waals surface area contributed by atoms with Crippen molar-refractivity contribution in [2.75, 3.05) is 20.3 Å². The highest BCUT2D eigenvalue weighted by Gasteiger charge is 2.39. The zero-order chi connectivity index (χ0) is 15.5. The van der Waals surface area contributed by atoms with E-state index in [1.807, 2.05) is 0 Å². The number of rotatable bonds is 5. The Morgan fingerprint density at radius 3 is 2.95 bits per heavy atom. The first-order valence-electron chi connectivity index (χ1n) is 6.88. The molecule has 0 spiro atoms. The molecule has 2 rings (SSSR count). The molecule has 0 radical (unpaired) electrons. The molecule has 6 heteroatoms. The first kappa shape index (κ1) is 16.4. The van der Waals surface area contributed by atoms with Crippen molar-refractivity contribution in [3.8, 4) is 0 Å². The van der Waals surface area contributed by atoms with Gasteiger partial charge >= 0.3 is 5.97 Å². The van der Waals surface area contributed by atoms with Crippen LogP contribution < -0.4 is 5.32 Å². The van der Waals surface area contributed by atoms with Gasteiger partial charge in [0.25, 0.3) is 0 Å². The molecule has 116 valence electrons. The van der Waals surface area contributed by atoms with Crippen molar-refractivity contribution >= 4 is 21.9 Å². The third kappa shape index (κ3) is 3.62. The number of halogens is 2. The van der Waals surface area contributed by atoms with Crippen LogP contribution >= 0.6 is 15.9 Å². The van der Waals surface area contributed by atoms with Gasteiger partial charge in [0.15, 0.2) is 0 Å². The van der Waals surface area contributed by atoms with Crippen molar-refractivity contribution in [2.24, 2.45) is 0 Å². The van der Waals surface area contributed by atoms with E-state index in [1.165, 1.54) is 13.2 Å². The number of carbonyl (C=O) groups excluding carboxylic acids is 1. The van der Waals surface area contributed by atoms with Gasteiger partial charge < -0.3 is 9.47 Å². The molecule has 1 aliphatic heterocycles. The van der Waals surface area contributed by atoms with Crippen LogP contribution in [0.5, 0.6) is 0 Å². The van der Waals surface area contributed by atoms with E-state index in [9.17, 15) is 9.18 Å². The van der Waals surface area contributed by atoms with Crippen molar-refractivity contribution in [3.63, 3.8) is 0 Å². The Morgan fingerprint density at radius 2 is 2.38 bits per heavy atom. The third-order valence-corrected chi connectivity index (χ3v) is 4.26. The van der Waals surface area contributed by atoms with Crippen LogP contribution in [0.2, 0.25) is 0 Å². The molecule has 1 fully saturated rings. The predicted molar refractivity (Wildman–Crippen MR) is 80.4 cm³/mol. The fourth-order valence-corrected chi connectivity index (χ4v) is 2.83. The molecular formula is C15H19BrFNO3. The third-order valence-electron chi connectivity index (χ3n) is 3.77. The van der Waals surface area contributed by atoms with E-state index in [0.29, 0.717) is 11.0 Å². The predicted octanol–water partition coefficient (Wildman–Crippen LogP) is 2.75. The largest absolute Gasteiger partial charge is 0.467 e. The number of ether oxygens (including phenoxy) is 2. The summed E-state index contributed by atoms with van der Waals surface area (Å²) >= 11 is 3.21. The van der Waals surface area contributed by atoms with E-state index in [-0.39, 0.29) is 11.7 Å². The molecule has 2 atom stereocenters. The van der Waals surface area contributed by atoms with E-state index >= 15 is 0 Å². The van der Waals surface area contributed by atoms with Crippen molar-refractivity contribution in [3.05, 3.63) is 34.1 Å². The summed E-state index contributed by atoms with van der Waals surface area (Å²) in [7, 11) is 1.30. The fourth-order valence-electron chi connectivity index (χ4n) is 2.50. The maximum absolute atomic E-state index is 14.2. The number of nitrogens with one attached hydrogen (secondary N) is 1. The van der Waals surface area contributed by atoms with Crippen molar-refractivity contribution in [2.45, 2.75) is 31.4 Å². The van der Waals surface area contributed by atoms with Crippen LogP contribution in [0.3, 0.4) is 0 Å². The molecule has 21 heavy (non-hydrogen) atoms. The molecule has 0 bridgehead atoms. The molecule has 1 aromatic carbocycles. The number of methoxy groups -OCH3 is 1. The molecule has 1 N–H and O–H groups in total. The normalized spacial score (nSPS) is 21.0. The smallest absolute Gasteiger partial charge is 0.330 e. The maximum atomic E-state index is 14.2. The van der Waals surface area contributed by atoms with E-state index < -0.39 is 17.3 Å². The van der Waals surface area contributed by atoms with Gasteiger partial charge in [-0.05, 0) is 31.9 Å². The van der Waals surface area contributed by atoms with Gasteiger partial charge in [-0.15, -0.1) is 0 Å². The van der Waals surface area contributed by atoms with Crippen LogP contribution in [0.15, 0.2) is 22.7 Å². The van der Waals surface area contributed by atoms with Gasteiger partial charge in [-0.2, -0.15) is 0 Å². The van der Waals surface area contributed by atoms with Gasteiger partial charge in [0.2, 0.25) is 0 Å². The van der Waals surface area contributed by atoms with Crippen LogP contribution in [0.4, 0.5) is 4.39 Å². The van der Waals surface area contributed by atoms with E-state index in [0.717, 1.165) is 19.4 Å². The average Bonchev–Trinajstić information content (AvgIpc) is 2.97. The number of esters is 1. The summed E-state index contributed by atoms with van der Waals surface area (Å²) in [4.78, 5) is 12.2. The molecule has 0 aromatic heterocycles. The molecule has 0 saturated carbocycles. The van der Waals surface area contributed by atoms with Crippen LogP contribution in [0.25, 0.3) is 0 Å². The Hall–Kier alpha value is -0.980. The first-order valence-corrected chi connectivity index (χ1v) is 7.67. The Balaban J connectivity index is 2.24. The fraction of sp³-hybridized carbons (Fsp3) is 0.533. The van der Waals surface area contributed by atoms with Gasteiger partial charge in [0.1, 0.15) is 11.4 Å². The molecule has 0 aliphatic carbocycles. The number of hydrogen-bond donors (Lipinski definition) is 1. The van der Waals surface area contributed by atoms with Crippen LogP contribution in [-0.4, -0.2) is 32.3 Å². The average molecular weight is 360 g/mol. The molecule has 1 aromatic rings. The number of hydrogen-bond acceptors (Lipinski definition) is 4. The molecular weight excluding hydrogens is 341 g/mol. The maximum Gasteiger partial charge on any atom is 0.330 e. The molecule has 1 saturated heterocycles. The monoisotopic (exact) mass is 359 g/mol. The highest BCUT2D eigenvalue weighted by Crippen LogP contribution is 2.28. The van der Waals surface area contributed by atoms with Gasteiger partial charge in [-0.25, -0.2) is 9.18 Å². The second-order valence-corrected chi connectivity index (χ2v) is 6.17. The van der Waals surface area contributed by atoms with Gasteiger partial charge in [0, 0.05) is 23.2 Å². The Kier molecular flexibility index (Phi) is 5.35. The van der Waals surface area contributed by atoms with Gasteiger partial charge in [0.05, 0.1) is 13.2 Å². The molecule has 0 amide bonds. The van der Waals surface area contributed by atoms with Crippen molar-refractivity contribution < 1.29 is 18.7 Å². The lowest BCUT2D eigenvalue weighted by Gasteiger charge is -2.30. The topological polar surface area (TPSA) is 47.6 Å². The summed E-state index contributed by atoms with van der Waals surface area (Å²) in [6.45, 7) is 2.83. The van der Waals surface area contributed by atoms with Crippen LogP contribution in [0.1, 0.15) is 25.3 Å². The second kappa shape index (κ2) is 6.85. The Labute approximate surface area is 132 Å². The van der Waals surface area contributed by atoms with E-state index in [2.05, 4.69) is 21.2 Å². The van der Waals surface area contributed by atoms with Gasteiger partial charge in [-0.1, -0.05) is 22.0 Å². The Bertz CT molecular complexity index is 520. The van der Waals surface area contributed by atoms with Crippen LogP contribution in [0, 0.1) is 5.82 Å². The second-order valence-electron chi connectivity index (χ2n) is 5.26. The number of carbonyl (C=O) groups is 1. The van der Waals surface area contributed by atoms with E-state index in [4.69, 9.17) is 9.47 Å². The highest BCUT2D eigenvalue weighted by atomic mass is 79.9.